The van der Waals surface area contributed by atoms with Crippen molar-refractivity contribution in [1.29, 1.82) is 0 Å². The van der Waals surface area contributed by atoms with Crippen molar-refractivity contribution in [2.75, 3.05) is 18.0 Å². The molecule has 2 rings (SSSR count). The third-order valence-corrected chi connectivity index (χ3v) is 3.42. The molecule has 1 aliphatic heterocycles. The molecule has 1 amide bonds. The van der Waals surface area contributed by atoms with E-state index < -0.39 is 16.8 Å². The Morgan fingerprint density at radius 1 is 1.42 bits per heavy atom. The number of carbonyl (C=O) groups is 1. The third-order valence-electron chi connectivity index (χ3n) is 3.10. The van der Waals surface area contributed by atoms with Crippen molar-refractivity contribution in [3.63, 3.8) is 0 Å². The van der Waals surface area contributed by atoms with Gasteiger partial charge in [-0.2, -0.15) is 13.2 Å². The van der Waals surface area contributed by atoms with Crippen LogP contribution in [0.1, 0.15) is 12.0 Å². The van der Waals surface area contributed by atoms with Crippen LogP contribution in [0.3, 0.4) is 0 Å². The fraction of sp³-hybridized carbons (Fsp3) is 0.417. The zero-order chi connectivity index (χ0) is 14.2. The molecule has 1 atom stereocenters. The molecule has 1 aromatic rings. The van der Waals surface area contributed by atoms with Gasteiger partial charge in [-0.1, -0.05) is 17.7 Å². The van der Waals surface area contributed by atoms with Gasteiger partial charge in [0, 0.05) is 13.0 Å². The summed E-state index contributed by atoms with van der Waals surface area (Å²) in [6.45, 7) is 0.461. The Labute approximate surface area is 113 Å². The molecule has 104 valence electrons. The van der Waals surface area contributed by atoms with E-state index in [1.165, 1.54) is 12.1 Å². The van der Waals surface area contributed by atoms with E-state index in [2.05, 4.69) is 0 Å². The first kappa shape index (κ1) is 14.1. The molecular weight excluding hydrogens is 281 g/mol. The maximum Gasteiger partial charge on any atom is 0.419 e. The molecular formula is C12H12ClF3N2O. The lowest BCUT2D eigenvalue weighted by molar-refractivity contribution is -0.137. The van der Waals surface area contributed by atoms with Gasteiger partial charge in [-0.3, -0.25) is 4.79 Å². The average Bonchev–Trinajstić information content (AvgIpc) is 2.68. The first-order chi connectivity index (χ1) is 8.84. The Hall–Kier alpha value is -1.27. The Bertz CT molecular complexity index is 504. The molecule has 0 saturated carbocycles. The van der Waals surface area contributed by atoms with Gasteiger partial charge in [0.25, 0.3) is 0 Å². The van der Waals surface area contributed by atoms with Crippen LogP contribution in [-0.4, -0.2) is 19.0 Å². The predicted molar refractivity (Wildman–Crippen MR) is 66.0 cm³/mol. The molecule has 0 aromatic heterocycles. The highest BCUT2D eigenvalue weighted by Crippen LogP contribution is 2.42. The highest BCUT2D eigenvalue weighted by molar-refractivity contribution is 6.32. The summed E-state index contributed by atoms with van der Waals surface area (Å²) in [5, 5.41) is -0.408. The first-order valence-corrected chi connectivity index (χ1v) is 6.08. The van der Waals surface area contributed by atoms with Crippen molar-refractivity contribution < 1.29 is 18.0 Å². The average molecular weight is 293 g/mol. The van der Waals surface area contributed by atoms with Crippen LogP contribution in [0.15, 0.2) is 18.2 Å². The molecule has 1 aromatic carbocycles. The summed E-state index contributed by atoms with van der Waals surface area (Å²) >= 11 is 5.63. The minimum absolute atomic E-state index is 0.118. The lowest BCUT2D eigenvalue weighted by Crippen LogP contribution is -2.28. The van der Waals surface area contributed by atoms with Gasteiger partial charge in [-0.25, -0.2) is 0 Å². The summed E-state index contributed by atoms with van der Waals surface area (Å²) in [6, 6.07) is 3.82. The molecule has 19 heavy (non-hydrogen) atoms. The van der Waals surface area contributed by atoms with Crippen LogP contribution in [0, 0.1) is 5.92 Å². The van der Waals surface area contributed by atoms with Crippen LogP contribution in [-0.2, 0) is 11.0 Å². The number of hydrogen-bond donors (Lipinski definition) is 1. The summed E-state index contributed by atoms with van der Waals surface area (Å²) < 4.78 is 39.1. The van der Waals surface area contributed by atoms with Crippen molar-refractivity contribution in [1.82, 2.24) is 0 Å². The molecule has 1 saturated heterocycles. The summed E-state index contributed by atoms with van der Waals surface area (Å²) in [5.41, 5.74) is 4.30. The normalized spacial score (nSPS) is 20.2. The molecule has 1 unspecified atom stereocenters. The quantitative estimate of drug-likeness (QED) is 0.911. The van der Waals surface area contributed by atoms with Crippen LogP contribution < -0.4 is 10.6 Å². The summed E-state index contributed by atoms with van der Waals surface area (Å²) in [6.07, 6.45) is -4.44. The molecule has 2 N–H and O–H groups in total. The molecule has 0 bridgehead atoms. The van der Waals surface area contributed by atoms with Gasteiger partial charge in [-0.05, 0) is 24.6 Å². The largest absolute Gasteiger partial charge is 0.419 e. The molecule has 3 nitrogen and oxygen atoms in total. The SMILES string of the molecule is NCC1CC(=O)N(c2cccc(Cl)c2C(F)(F)F)C1. The van der Waals surface area contributed by atoms with E-state index in [1.807, 2.05) is 0 Å². The number of nitrogens with two attached hydrogens (primary N) is 1. The van der Waals surface area contributed by atoms with Gasteiger partial charge in [0.05, 0.1) is 16.3 Å². The van der Waals surface area contributed by atoms with Gasteiger partial charge in [0.1, 0.15) is 0 Å². The summed E-state index contributed by atoms with van der Waals surface area (Å²) in [4.78, 5) is 12.9. The standard InChI is InChI=1S/C12H12ClF3N2O/c13-8-2-1-3-9(11(8)12(14,15)16)18-6-7(5-17)4-10(18)19/h1-3,7H,4-6,17H2. The lowest BCUT2D eigenvalue weighted by Gasteiger charge is -2.22. The monoisotopic (exact) mass is 292 g/mol. The minimum atomic E-state index is -4.60. The van der Waals surface area contributed by atoms with Gasteiger partial charge >= 0.3 is 6.18 Å². The van der Waals surface area contributed by atoms with Crippen molar-refractivity contribution in [2.45, 2.75) is 12.6 Å². The number of hydrogen-bond acceptors (Lipinski definition) is 2. The van der Waals surface area contributed by atoms with Gasteiger partial charge in [0.2, 0.25) is 5.91 Å². The van der Waals surface area contributed by atoms with Crippen LogP contribution in [0.5, 0.6) is 0 Å². The van der Waals surface area contributed by atoms with Crippen LogP contribution in [0.2, 0.25) is 5.02 Å². The Kier molecular flexibility index (Phi) is 3.73. The van der Waals surface area contributed by atoms with Gasteiger partial charge in [0.15, 0.2) is 0 Å². The maximum absolute atomic E-state index is 13.0. The van der Waals surface area contributed by atoms with Crippen molar-refractivity contribution in [3.05, 3.63) is 28.8 Å². The van der Waals surface area contributed by atoms with Crippen molar-refractivity contribution >= 4 is 23.2 Å². The number of amides is 1. The number of alkyl halides is 3. The van der Waals surface area contributed by atoms with Crippen molar-refractivity contribution in [2.24, 2.45) is 11.7 Å². The third kappa shape index (κ3) is 2.69. The highest BCUT2D eigenvalue weighted by Gasteiger charge is 2.40. The number of carbonyl (C=O) groups excluding carboxylic acids is 1. The molecule has 1 fully saturated rings. The zero-order valence-electron chi connectivity index (χ0n) is 9.88. The number of nitrogens with zero attached hydrogens (tertiary/aromatic N) is 1. The topological polar surface area (TPSA) is 46.3 Å². The van der Waals surface area contributed by atoms with E-state index in [9.17, 15) is 18.0 Å². The fourth-order valence-corrected chi connectivity index (χ4v) is 2.47. The molecule has 1 heterocycles. The Morgan fingerprint density at radius 2 is 2.11 bits per heavy atom. The number of benzene rings is 1. The van der Waals surface area contributed by atoms with E-state index in [0.29, 0.717) is 0 Å². The van der Waals surface area contributed by atoms with Gasteiger partial charge in [-0.15, -0.1) is 0 Å². The zero-order valence-corrected chi connectivity index (χ0v) is 10.6. The minimum Gasteiger partial charge on any atom is -0.330 e. The fourth-order valence-electron chi connectivity index (χ4n) is 2.19. The molecule has 0 aliphatic carbocycles. The molecule has 7 heteroatoms. The Morgan fingerprint density at radius 3 is 2.63 bits per heavy atom. The highest BCUT2D eigenvalue weighted by atomic mass is 35.5. The smallest absolute Gasteiger partial charge is 0.330 e. The van der Waals surface area contributed by atoms with E-state index in [4.69, 9.17) is 17.3 Å². The molecule has 0 spiro atoms. The lowest BCUT2D eigenvalue weighted by atomic mass is 10.1. The first-order valence-electron chi connectivity index (χ1n) is 5.70. The molecule has 1 aliphatic rings. The second kappa shape index (κ2) is 5.02. The predicted octanol–water partition coefficient (Wildman–Crippen LogP) is 2.67. The van der Waals surface area contributed by atoms with E-state index in [1.54, 1.807) is 0 Å². The second-order valence-corrected chi connectivity index (χ2v) is 4.85. The summed E-state index contributed by atoms with van der Waals surface area (Å²) in [7, 11) is 0. The molecule has 0 radical (unpaired) electrons. The van der Waals surface area contributed by atoms with Crippen LogP contribution >= 0.6 is 11.6 Å². The van der Waals surface area contributed by atoms with Crippen molar-refractivity contribution in [3.8, 4) is 0 Å². The van der Waals surface area contributed by atoms with Crippen LogP contribution in [0.4, 0.5) is 18.9 Å². The van der Waals surface area contributed by atoms with Crippen LogP contribution in [0.25, 0.3) is 0 Å². The number of anilines is 1. The van der Waals surface area contributed by atoms with Gasteiger partial charge < -0.3 is 10.6 Å². The second-order valence-electron chi connectivity index (χ2n) is 4.44. The number of halogens is 4. The van der Waals surface area contributed by atoms with E-state index >= 15 is 0 Å². The Balaban J connectivity index is 2.46. The van der Waals surface area contributed by atoms with E-state index in [-0.39, 0.29) is 37.0 Å². The van der Waals surface area contributed by atoms with E-state index in [0.717, 1.165) is 11.0 Å². The maximum atomic E-state index is 13.0. The summed E-state index contributed by atoms with van der Waals surface area (Å²) in [5.74, 6) is -0.476. The number of rotatable bonds is 2.